The Kier molecular flexibility index (Phi) is 6.31. The lowest BCUT2D eigenvalue weighted by Crippen LogP contribution is -2.37. The van der Waals surface area contributed by atoms with Crippen molar-refractivity contribution in [1.82, 2.24) is 15.6 Å². The highest BCUT2D eigenvalue weighted by Crippen LogP contribution is 2.23. The Balaban J connectivity index is 1.79. The summed E-state index contributed by atoms with van der Waals surface area (Å²) in [6.07, 6.45) is 0.740. The van der Waals surface area contributed by atoms with Crippen LogP contribution in [0.2, 0.25) is 0 Å². The van der Waals surface area contributed by atoms with Crippen LogP contribution in [0.1, 0.15) is 37.0 Å². The van der Waals surface area contributed by atoms with E-state index in [0.717, 1.165) is 28.6 Å². The fraction of sp³-hybridized carbons (Fsp3) is 0.444. The largest absolute Gasteiger partial charge is 0.356 e. The van der Waals surface area contributed by atoms with Crippen molar-refractivity contribution < 1.29 is 4.39 Å². The number of rotatable bonds is 5. The first-order chi connectivity index (χ1) is 11.4. The van der Waals surface area contributed by atoms with Gasteiger partial charge in [0.05, 0.1) is 12.2 Å². The van der Waals surface area contributed by atoms with E-state index in [0.29, 0.717) is 13.1 Å². The highest BCUT2D eigenvalue weighted by atomic mass is 32.1. The van der Waals surface area contributed by atoms with Gasteiger partial charge >= 0.3 is 0 Å². The molecule has 0 atom stereocenters. The topological polar surface area (TPSA) is 49.3 Å². The molecular weight excluding hydrogens is 323 g/mol. The monoisotopic (exact) mass is 348 g/mol. The van der Waals surface area contributed by atoms with Crippen molar-refractivity contribution in [3.8, 4) is 0 Å². The van der Waals surface area contributed by atoms with Crippen molar-refractivity contribution in [3.05, 3.63) is 51.7 Å². The second kappa shape index (κ2) is 8.24. The number of hydrogen-bond acceptors (Lipinski definition) is 3. The zero-order valence-corrected chi connectivity index (χ0v) is 15.5. The molecule has 130 valence electrons. The van der Waals surface area contributed by atoms with Crippen LogP contribution in [0.3, 0.4) is 0 Å². The van der Waals surface area contributed by atoms with E-state index in [1.165, 1.54) is 6.07 Å². The molecule has 24 heavy (non-hydrogen) atoms. The van der Waals surface area contributed by atoms with Gasteiger partial charge in [-0.05, 0) is 24.1 Å². The van der Waals surface area contributed by atoms with Crippen molar-refractivity contribution in [2.75, 3.05) is 13.6 Å². The lowest BCUT2D eigenvalue weighted by molar-refractivity contribution is 0.570. The molecule has 0 aliphatic rings. The first kappa shape index (κ1) is 18.4. The van der Waals surface area contributed by atoms with Crippen LogP contribution >= 0.6 is 11.3 Å². The number of aromatic nitrogens is 1. The van der Waals surface area contributed by atoms with Gasteiger partial charge < -0.3 is 10.6 Å². The van der Waals surface area contributed by atoms with Gasteiger partial charge in [-0.2, -0.15) is 0 Å². The van der Waals surface area contributed by atoms with Gasteiger partial charge in [-0.1, -0.05) is 32.9 Å². The molecule has 1 aromatic carbocycles. The van der Waals surface area contributed by atoms with Gasteiger partial charge in [0.1, 0.15) is 10.8 Å². The summed E-state index contributed by atoms with van der Waals surface area (Å²) in [5.74, 6) is 0.521. The summed E-state index contributed by atoms with van der Waals surface area (Å²) in [5, 5.41) is 9.64. The normalized spacial score (nSPS) is 12.3. The van der Waals surface area contributed by atoms with Crippen LogP contribution in [0.5, 0.6) is 0 Å². The van der Waals surface area contributed by atoms with E-state index in [-0.39, 0.29) is 11.2 Å². The Morgan fingerprint density at radius 1 is 1.29 bits per heavy atom. The van der Waals surface area contributed by atoms with E-state index in [1.54, 1.807) is 30.5 Å². The van der Waals surface area contributed by atoms with Gasteiger partial charge in [-0.15, -0.1) is 11.3 Å². The predicted molar refractivity (Wildman–Crippen MR) is 99.1 cm³/mol. The molecule has 0 unspecified atom stereocenters. The van der Waals surface area contributed by atoms with Crippen molar-refractivity contribution in [3.63, 3.8) is 0 Å². The summed E-state index contributed by atoms with van der Waals surface area (Å²) in [7, 11) is 1.74. The molecular formula is C18H25FN4S. The van der Waals surface area contributed by atoms with Crippen LogP contribution < -0.4 is 10.6 Å². The number of nitrogens with zero attached hydrogens (tertiary/aromatic N) is 2. The molecule has 0 spiro atoms. The zero-order chi connectivity index (χ0) is 17.6. The maximum absolute atomic E-state index is 13.2. The highest BCUT2D eigenvalue weighted by Gasteiger charge is 2.17. The Hall–Kier alpha value is -1.95. The second-order valence-corrected chi connectivity index (χ2v) is 7.55. The number of nitrogens with one attached hydrogen (secondary N) is 2. The molecule has 2 rings (SSSR count). The zero-order valence-electron chi connectivity index (χ0n) is 14.7. The van der Waals surface area contributed by atoms with Crippen LogP contribution in [0.15, 0.2) is 34.6 Å². The Labute approximate surface area is 147 Å². The Bertz CT molecular complexity index is 688. The summed E-state index contributed by atoms with van der Waals surface area (Å²) in [4.78, 5) is 8.86. The first-order valence-electron chi connectivity index (χ1n) is 8.02. The molecule has 0 fully saturated rings. The van der Waals surface area contributed by atoms with E-state index < -0.39 is 0 Å². The van der Waals surface area contributed by atoms with Crippen molar-refractivity contribution in [2.24, 2.45) is 4.99 Å². The summed E-state index contributed by atoms with van der Waals surface area (Å²) in [6, 6.07) is 6.66. The second-order valence-electron chi connectivity index (χ2n) is 6.61. The van der Waals surface area contributed by atoms with Gasteiger partial charge in [-0.3, -0.25) is 4.99 Å². The summed E-state index contributed by atoms with van der Waals surface area (Å²) in [5.41, 5.74) is 2.14. The smallest absolute Gasteiger partial charge is 0.191 e. The molecule has 0 aliphatic carbocycles. The molecule has 0 bridgehead atoms. The minimum atomic E-state index is -0.201. The summed E-state index contributed by atoms with van der Waals surface area (Å²) in [6.45, 7) is 7.80. The molecule has 0 aliphatic heterocycles. The molecule has 4 nitrogen and oxygen atoms in total. The molecule has 0 saturated carbocycles. The number of guanidine groups is 1. The molecule has 1 heterocycles. The summed E-state index contributed by atoms with van der Waals surface area (Å²) >= 11 is 1.65. The van der Waals surface area contributed by atoms with E-state index in [4.69, 9.17) is 0 Å². The lowest BCUT2D eigenvalue weighted by atomic mass is 9.93. The molecule has 2 N–H and O–H groups in total. The van der Waals surface area contributed by atoms with Crippen LogP contribution in [-0.2, 0) is 18.4 Å². The van der Waals surface area contributed by atoms with Crippen molar-refractivity contribution in [2.45, 2.75) is 39.2 Å². The van der Waals surface area contributed by atoms with Gasteiger partial charge in [0.15, 0.2) is 5.96 Å². The third-order valence-corrected chi connectivity index (χ3v) is 4.39. The number of hydrogen-bond donors (Lipinski definition) is 2. The SMILES string of the molecule is CN=C(NCCc1cccc(F)c1)NCc1nc(C(C)(C)C)cs1. The number of aliphatic imine (C=N–C) groups is 1. The minimum absolute atomic E-state index is 0.0691. The van der Waals surface area contributed by atoms with Crippen LogP contribution in [-0.4, -0.2) is 24.5 Å². The molecule has 1 aromatic heterocycles. The number of benzene rings is 1. The molecule has 0 amide bonds. The quantitative estimate of drug-likeness (QED) is 0.642. The van der Waals surface area contributed by atoms with Gasteiger partial charge in [0, 0.05) is 24.4 Å². The fourth-order valence-corrected chi connectivity index (χ4v) is 3.09. The van der Waals surface area contributed by atoms with Gasteiger partial charge in [-0.25, -0.2) is 9.37 Å². The van der Waals surface area contributed by atoms with E-state index in [2.05, 4.69) is 46.8 Å². The highest BCUT2D eigenvalue weighted by molar-refractivity contribution is 7.09. The average molecular weight is 348 g/mol. The van der Waals surface area contributed by atoms with Crippen LogP contribution in [0, 0.1) is 5.82 Å². The Morgan fingerprint density at radius 2 is 2.08 bits per heavy atom. The van der Waals surface area contributed by atoms with Crippen LogP contribution in [0.25, 0.3) is 0 Å². The van der Waals surface area contributed by atoms with Crippen molar-refractivity contribution >= 4 is 17.3 Å². The van der Waals surface area contributed by atoms with E-state index >= 15 is 0 Å². The third kappa shape index (κ3) is 5.60. The number of halogens is 1. The van der Waals surface area contributed by atoms with Crippen molar-refractivity contribution in [1.29, 1.82) is 0 Å². The maximum Gasteiger partial charge on any atom is 0.191 e. The molecule has 2 aromatic rings. The van der Waals surface area contributed by atoms with E-state index in [1.807, 2.05) is 6.07 Å². The minimum Gasteiger partial charge on any atom is -0.356 e. The predicted octanol–water partition coefficient (Wildman–Crippen LogP) is 3.49. The lowest BCUT2D eigenvalue weighted by Gasteiger charge is -2.14. The van der Waals surface area contributed by atoms with Gasteiger partial charge in [0.25, 0.3) is 0 Å². The number of thiazole rings is 1. The molecule has 0 radical (unpaired) electrons. The van der Waals surface area contributed by atoms with Crippen LogP contribution in [0.4, 0.5) is 4.39 Å². The fourth-order valence-electron chi connectivity index (χ4n) is 2.13. The Morgan fingerprint density at radius 3 is 2.71 bits per heavy atom. The molecule has 0 saturated heterocycles. The third-order valence-electron chi connectivity index (χ3n) is 3.55. The summed E-state index contributed by atoms with van der Waals surface area (Å²) < 4.78 is 13.2. The first-order valence-corrected chi connectivity index (χ1v) is 8.90. The molecule has 6 heteroatoms. The standard InChI is InChI=1S/C18H25FN4S/c1-18(2,3)15-12-24-16(23-15)11-22-17(20-4)21-9-8-13-6-5-7-14(19)10-13/h5-7,10,12H,8-9,11H2,1-4H3,(H2,20,21,22). The van der Waals surface area contributed by atoms with Gasteiger partial charge in [0.2, 0.25) is 0 Å². The average Bonchev–Trinajstić information content (AvgIpc) is 3.00. The van der Waals surface area contributed by atoms with E-state index in [9.17, 15) is 4.39 Å². The maximum atomic E-state index is 13.2.